The SMILES string of the molecule is C.C.O=S(=O)(O)C(F)(F)CO. The molecule has 0 fully saturated rings. The number of rotatable bonds is 2. The normalized spacial score (nSPS) is 11.3. The van der Waals surface area contributed by atoms with Crippen LogP contribution in [0, 0.1) is 0 Å². The summed E-state index contributed by atoms with van der Waals surface area (Å²) in [5.74, 6) is 0. The van der Waals surface area contributed by atoms with Crippen molar-refractivity contribution in [2.75, 3.05) is 6.61 Å². The summed E-state index contributed by atoms with van der Waals surface area (Å²) in [5, 5.41) is 3.20. The Hall–Kier alpha value is -0.270. The number of halogens is 2. The van der Waals surface area contributed by atoms with Crippen molar-refractivity contribution in [2.24, 2.45) is 0 Å². The molecule has 72 valence electrons. The van der Waals surface area contributed by atoms with Crippen LogP contribution in [-0.2, 0) is 10.1 Å². The highest BCUT2D eigenvalue weighted by atomic mass is 32.2. The molecule has 7 heteroatoms. The highest BCUT2D eigenvalue weighted by Gasteiger charge is 2.43. The lowest BCUT2D eigenvalue weighted by Gasteiger charge is -2.06. The predicted octanol–water partition coefficient (Wildman–Crippen LogP) is 0.731. The van der Waals surface area contributed by atoms with Crippen LogP contribution in [0.3, 0.4) is 0 Å². The molecular weight excluding hydrogens is 182 g/mol. The topological polar surface area (TPSA) is 74.6 Å². The van der Waals surface area contributed by atoms with Crippen LogP contribution in [0.25, 0.3) is 0 Å². The molecule has 11 heavy (non-hydrogen) atoms. The van der Waals surface area contributed by atoms with Crippen molar-refractivity contribution in [1.82, 2.24) is 0 Å². The van der Waals surface area contributed by atoms with E-state index in [1.165, 1.54) is 0 Å². The Labute approximate surface area is 64.6 Å². The summed E-state index contributed by atoms with van der Waals surface area (Å²) in [7, 11) is -5.44. The largest absolute Gasteiger partial charge is 0.392 e. The van der Waals surface area contributed by atoms with Crippen LogP contribution in [0.1, 0.15) is 14.9 Å². The van der Waals surface area contributed by atoms with E-state index in [2.05, 4.69) is 0 Å². The zero-order chi connectivity index (χ0) is 7.71. The molecule has 0 saturated carbocycles. The molecule has 0 bridgehead atoms. The second kappa shape index (κ2) is 4.58. The highest BCUT2D eigenvalue weighted by molar-refractivity contribution is 7.86. The zero-order valence-corrected chi connectivity index (χ0v) is 4.90. The van der Waals surface area contributed by atoms with Gasteiger partial charge in [0.05, 0.1) is 0 Å². The van der Waals surface area contributed by atoms with E-state index in [-0.39, 0.29) is 14.9 Å². The van der Waals surface area contributed by atoms with E-state index in [1.54, 1.807) is 0 Å². The lowest BCUT2D eigenvalue weighted by Crippen LogP contribution is -2.31. The fraction of sp³-hybridized carbons (Fsp3) is 1.00. The summed E-state index contributed by atoms with van der Waals surface area (Å²) < 4.78 is 49.8. The van der Waals surface area contributed by atoms with Gasteiger partial charge in [0, 0.05) is 0 Å². The number of aliphatic hydroxyl groups is 1. The monoisotopic (exact) mass is 194 g/mol. The Morgan fingerprint density at radius 1 is 1.27 bits per heavy atom. The molecule has 0 aromatic heterocycles. The molecular formula is C4H12F2O4S. The average Bonchev–Trinajstić information content (AvgIpc) is 1.64. The van der Waals surface area contributed by atoms with Crippen molar-refractivity contribution >= 4 is 10.1 Å². The van der Waals surface area contributed by atoms with Crippen LogP contribution in [-0.4, -0.2) is 29.9 Å². The van der Waals surface area contributed by atoms with Crippen molar-refractivity contribution in [3.05, 3.63) is 0 Å². The van der Waals surface area contributed by atoms with Crippen LogP contribution in [0.4, 0.5) is 8.78 Å². The molecule has 0 rings (SSSR count). The quantitative estimate of drug-likeness (QED) is 0.635. The van der Waals surface area contributed by atoms with E-state index in [0.29, 0.717) is 0 Å². The molecule has 0 saturated heterocycles. The molecule has 0 aromatic rings. The Kier molecular flexibility index (Phi) is 7.07. The fourth-order valence-electron chi connectivity index (χ4n) is 0.0816. The van der Waals surface area contributed by atoms with Crippen LogP contribution < -0.4 is 0 Å². The third-order valence-electron chi connectivity index (χ3n) is 0.561. The zero-order valence-electron chi connectivity index (χ0n) is 4.08. The molecule has 4 nitrogen and oxygen atoms in total. The molecule has 0 aliphatic carbocycles. The van der Waals surface area contributed by atoms with Gasteiger partial charge in [-0.15, -0.1) is 0 Å². The van der Waals surface area contributed by atoms with E-state index in [1.807, 2.05) is 0 Å². The Balaban J connectivity index is -0.000000320. The maximum atomic E-state index is 11.6. The van der Waals surface area contributed by atoms with Gasteiger partial charge in [-0.05, 0) is 0 Å². The van der Waals surface area contributed by atoms with Crippen LogP contribution >= 0.6 is 0 Å². The molecule has 2 N–H and O–H groups in total. The molecule has 0 aliphatic rings. The summed E-state index contributed by atoms with van der Waals surface area (Å²) in [6, 6.07) is 0. The lowest BCUT2D eigenvalue weighted by atomic mass is 10.8. The molecule has 0 heterocycles. The smallest absolute Gasteiger partial charge is 0.389 e. The van der Waals surface area contributed by atoms with Gasteiger partial charge < -0.3 is 5.11 Å². The molecule has 0 radical (unpaired) electrons. The lowest BCUT2D eigenvalue weighted by molar-refractivity contribution is 0.0187. The van der Waals surface area contributed by atoms with Crippen molar-refractivity contribution in [3.63, 3.8) is 0 Å². The van der Waals surface area contributed by atoms with Crippen molar-refractivity contribution < 1.29 is 26.9 Å². The minimum absolute atomic E-state index is 0. The highest BCUT2D eigenvalue weighted by Crippen LogP contribution is 2.18. The first-order valence-corrected chi connectivity index (χ1v) is 3.21. The van der Waals surface area contributed by atoms with E-state index in [0.717, 1.165) is 0 Å². The van der Waals surface area contributed by atoms with Gasteiger partial charge in [0.15, 0.2) is 0 Å². The van der Waals surface area contributed by atoms with Gasteiger partial charge in [-0.25, -0.2) is 0 Å². The summed E-state index contributed by atoms with van der Waals surface area (Å²) >= 11 is 0. The molecule has 0 amide bonds. The van der Waals surface area contributed by atoms with Gasteiger partial charge in [0.2, 0.25) is 0 Å². The first-order valence-electron chi connectivity index (χ1n) is 1.77. The van der Waals surface area contributed by atoms with Crippen LogP contribution in [0.5, 0.6) is 0 Å². The fourth-order valence-corrected chi connectivity index (χ4v) is 0.245. The molecule has 0 aromatic carbocycles. The number of hydrogen-bond acceptors (Lipinski definition) is 3. The minimum atomic E-state index is -5.44. The third kappa shape index (κ3) is 4.23. The Morgan fingerprint density at radius 2 is 1.55 bits per heavy atom. The van der Waals surface area contributed by atoms with Gasteiger partial charge >= 0.3 is 15.4 Å². The van der Waals surface area contributed by atoms with Crippen molar-refractivity contribution in [2.45, 2.75) is 20.1 Å². The molecule has 0 atom stereocenters. The second-order valence-corrected chi connectivity index (χ2v) is 2.82. The van der Waals surface area contributed by atoms with E-state index >= 15 is 0 Å². The molecule has 0 unspecified atom stereocenters. The van der Waals surface area contributed by atoms with E-state index < -0.39 is 22.0 Å². The predicted molar refractivity (Wildman–Crippen MR) is 37.0 cm³/mol. The van der Waals surface area contributed by atoms with Crippen LogP contribution in [0.2, 0.25) is 0 Å². The van der Waals surface area contributed by atoms with Crippen molar-refractivity contribution in [3.8, 4) is 0 Å². The van der Waals surface area contributed by atoms with Gasteiger partial charge in [0.1, 0.15) is 6.61 Å². The first-order chi connectivity index (χ1) is 3.81. The molecule has 0 aliphatic heterocycles. The number of alkyl halides is 2. The van der Waals surface area contributed by atoms with Gasteiger partial charge in [0.25, 0.3) is 0 Å². The maximum absolute atomic E-state index is 11.6. The van der Waals surface area contributed by atoms with Crippen LogP contribution in [0.15, 0.2) is 0 Å². The third-order valence-corrected chi connectivity index (χ3v) is 1.45. The number of hydrogen-bond donors (Lipinski definition) is 2. The summed E-state index contributed by atoms with van der Waals surface area (Å²) in [4.78, 5) is 0. The van der Waals surface area contributed by atoms with Gasteiger partial charge in [-0.2, -0.15) is 17.2 Å². The van der Waals surface area contributed by atoms with E-state index in [4.69, 9.17) is 9.66 Å². The summed E-state index contributed by atoms with van der Waals surface area (Å²) in [6.07, 6.45) is 0. The Morgan fingerprint density at radius 3 is 1.55 bits per heavy atom. The first kappa shape index (κ1) is 17.0. The van der Waals surface area contributed by atoms with Gasteiger partial charge in [-0.1, -0.05) is 14.9 Å². The van der Waals surface area contributed by atoms with E-state index in [9.17, 15) is 17.2 Å². The standard InChI is InChI=1S/C2H4F2O4S.2CH4/c3-2(4,1-5)9(6,7)8;;/h5H,1H2,(H,6,7,8);2*1H4. The summed E-state index contributed by atoms with van der Waals surface area (Å²) in [6.45, 7) is -1.91. The second-order valence-electron chi connectivity index (χ2n) is 1.27. The minimum Gasteiger partial charge on any atom is -0.389 e. The maximum Gasteiger partial charge on any atom is 0.392 e. The summed E-state index contributed by atoms with van der Waals surface area (Å²) in [5.41, 5.74) is 0. The number of aliphatic hydroxyl groups excluding tert-OH is 1. The van der Waals surface area contributed by atoms with Gasteiger partial charge in [-0.3, -0.25) is 4.55 Å². The Bertz CT molecular complexity index is 186. The molecule has 0 spiro atoms. The average molecular weight is 194 g/mol. The van der Waals surface area contributed by atoms with Crippen molar-refractivity contribution in [1.29, 1.82) is 0 Å².